The molecule has 0 unspecified atom stereocenters. The number of ether oxygens (including phenoxy) is 1. The molecule has 3 nitrogen and oxygen atoms in total. The molecular weight excluding hydrogens is 307 g/mol. The van der Waals surface area contributed by atoms with Gasteiger partial charge in [-0.3, -0.25) is 4.79 Å². The summed E-state index contributed by atoms with van der Waals surface area (Å²) in [6.45, 7) is 0. The number of carbonyl (C=O) groups is 1. The number of furan rings is 1. The van der Waals surface area contributed by atoms with Gasteiger partial charge in [0.05, 0.1) is 24.0 Å². The molecule has 0 aliphatic heterocycles. The maximum atomic E-state index is 12.1. The zero-order valence-corrected chi connectivity index (χ0v) is 11.2. The van der Waals surface area contributed by atoms with Crippen LogP contribution in [0.1, 0.15) is 15.9 Å². The van der Waals surface area contributed by atoms with Gasteiger partial charge in [-0.05, 0) is 40.2 Å². The van der Waals surface area contributed by atoms with Crippen molar-refractivity contribution >= 4 is 33.3 Å². The Labute approximate surface area is 111 Å². The van der Waals surface area contributed by atoms with Crippen LogP contribution >= 0.6 is 27.5 Å². The third kappa shape index (κ3) is 2.37. The second-order valence-electron chi connectivity index (χ2n) is 3.29. The number of methoxy groups -OCH3 is 1. The maximum Gasteiger partial charge on any atom is 0.197 e. The zero-order chi connectivity index (χ0) is 12.4. The van der Waals surface area contributed by atoms with Gasteiger partial charge >= 0.3 is 0 Å². The second-order valence-corrected chi connectivity index (χ2v) is 4.41. The molecule has 2 rings (SSSR count). The van der Waals surface area contributed by atoms with E-state index in [4.69, 9.17) is 20.8 Å². The SMILES string of the molecule is COc1ccc(C(=O)c2ccoc2Br)cc1Cl. The molecule has 1 aromatic carbocycles. The van der Waals surface area contributed by atoms with Crippen molar-refractivity contribution in [1.82, 2.24) is 0 Å². The molecule has 0 radical (unpaired) electrons. The van der Waals surface area contributed by atoms with Gasteiger partial charge in [-0.15, -0.1) is 0 Å². The Hall–Kier alpha value is -1.26. The molecule has 0 saturated carbocycles. The Bertz CT molecular complexity index is 563. The van der Waals surface area contributed by atoms with Crippen molar-refractivity contribution in [3.05, 3.63) is 51.3 Å². The largest absolute Gasteiger partial charge is 0.495 e. The molecule has 0 saturated heterocycles. The van der Waals surface area contributed by atoms with Gasteiger partial charge in [0.1, 0.15) is 5.75 Å². The monoisotopic (exact) mass is 314 g/mol. The molecular formula is C12H8BrClO3. The van der Waals surface area contributed by atoms with Gasteiger partial charge in [-0.1, -0.05) is 11.6 Å². The number of ketones is 1. The van der Waals surface area contributed by atoms with E-state index in [9.17, 15) is 4.79 Å². The molecule has 1 heterocycles. The highest BCUT2D eigenvalue weighted by atomic mass is 79.9. The van der Waals surface area contributed by atoms with Crippen molar-refractivity contribution < 1.29 is 13.9 Å². The minimum absolute atomic E-state index is 0.157. The molecule has 0 bridgehead atoms. The van der Waals surface area contributed by atoms with Crippen LogP contribution in [0.2, 0.25) is 5.02 Å². The van der Waals surface area contributed by atoms with Crippen LogP contribution < -0.4 is 4.74 Å². The van der Waals surface area contributed by atoms with E-state index in [1.165, 1.54) is 13.4 Å². The zero-order valence-electron chi connectivity index (χ0n) is 8.87. The van der Waals surface area contributed by atoms with E-state index >= 15 is 0 Å². The Kier molecular flexibility index (Phi) is 3.54. The van der Waals surface area contributed by atoms with E-state index in [2.05, 4.69) is 15.9 Å². The lowest BCUT2D eigenvalue weighted by molar-refractivity contribution is 0.103. The molecule has 2 aromatic rings. The number of rotatable bonds is 3. The van der Waals surface area contributed by atoms with Gasteiger partial charge in [0, 0.05) is 5.56 Å². The number of benzene rings is 1. The fourth-order valence-electron chi connectivity index (χ4n) is 1.42. The first-order valence-electron chi connectivity index (χ1n) is 4.74. The maximum absolute atomic E-state index is 12.1. The van der Waals surface area contributed by atoms with Crippen molar-refractivity contribution in [1.29, 1.82) is 0 Å². The Morgan fingerprint density at radius 3 is 2.71 bits per heavy atom. The summed E-state index contributed by atoms with van der Waals surface area (Å²) in [4.78, 5) is 12.1. The third-order valence-electron chi connectivity index (χ3n) is 2.28. The minimum atomic E-state index is -0.157. The van der Waals surface area contributed by atoms with E-state index in [0.717, 1.165) is 0 Å². The molecule has 0 amide bonds. The molecule has 0 aliphatic carbocycles. The van der Waals surface area contributed by atoms with Gasteiger partial charge in [0.15, 0.2) is 10.5 Å². The fourth-order valence-corrected chi connectivity index (χ4v) is 2.10. The average Bonchev–Trinajstić information content (AvgIpc) is 2.74. The summed E-state index contributed by atoms with van der Waals surface area (Å²) in [5, 5.41) is 0.401. The molecule has 0 N–H and O–H groups in total. The first kappa shape index (κ1) is 12.2. The molecule has 5 heteroatoms. The van der Waals surface area contributed by atoms with Gasteiger partial charge < -0.3 is 9.15 Å². The van der Waals surface area contributed by atoms with Crippen LogP contribution in [0.5, 0.6) is 5.75 Å². The van der Waals surface area contributed by atoms with Gasteiger partial charge in [0.2, 0.25) is 0 Å². The van der Waals surface area contributed by atoms with Crippen LogP contribution in [0.15, 0.2) is 39.6 Å². The highest BCUT2D eigenvalue weighted by Gasteiger charge is 2.16. The van der Waals surface area contributed by atoms with Crippen molar-refractivity contribution in [3.8, 4) is 5.75 Å². The number of hydrogen-bond donors (Lipinski definition) is 0. The van der Waals surface area contributed by atoms with E-state index in [1.807, 2.05) is 0 Å². The summed E-state index contributed by atoms with van der Waals surface area (Å²) in [7, 11) is 1.52. The predicted molar refractivity (Wildman–Crippen MR) is 67.8 cm³/mol. The van der Waals surface area contributed by atoms with Gasteiger partial charge in [-0.2, -0.15) is 0 Å². The predicted octanol–water partition coefficient (Wildman–Crippen LogP) is 3.94. The molecule has 88 valence electrons. The Morgan fingerprint density at radius 1 is 1.41 bits per heavy atom. The highest BCUT2D eigenvalue weighted by Crippen LogP contribution is 2.27. The lowest BCUT2D eigenvalue weighted by Crippen LogP contribution is -2.00. The quantitative estimate of drug-likeness (QED) is 0.806. The number of halogens is 2. The molecule has 17 heavy (non-hydrogen) atoms. The summed E-state index contributed by atoms with van der Waals surface area (Å²) >= 11 is 9.13. The lowest BCUT2D eigenvalue weighted by atomic mass is 10.1. The standard InChI is InChI=1S/C12H8BrClO3/c1-16-10-3-2-7(6-9(10)14)11(15)8-4-5-17-12(8)13/h2-6H,1H3. The molecule has 0 spiro atoms. The molecule has 0 fully saturated rings. The number of carbonyl (C=O) groups excluding carboxylic acids is 1. The summed E-state index contributed by atoms with van der Waals surface area (Å²) in [6, 6.07) is 6.49. The van der Waals surface area contributed by atoms with Crippen LogP contribution in [0.4, 0.5) is 0 Å². The second kappa shape index (κ2) is 4.94. The first-order valence-corrected chi connectivity index (χ1v) is 5.92. The summed E-state index contributed by atoms with van der Waals surface area (Å²) in [5.41, 5.74) is 0.948. The Morgan fingerprint density at radius 2 is 2.18 bits per heavy atom. The highest BCUT2D eigenvalue weighted by molar-refractivity contribution is 9.10. The van der Waals surface area contributed by atoms with Crippen molar-refractivity contribution in [2.45, 2.75) is 0 Å². The van der Waals surface area contributed by atoms with E-state index in [-0.39, 0.29) is 5.78 Å². The van der Waals surface area contributed by atoms with E-state index < -0.39 is 0 Å². The average molecular weight is 316 g/mol. The topological polar surface area (TPSA) is 39.4 Å². The third-order valence-corrected chi connectivity index (χ3v) is 3.19. The summed E-state index contributed by atoms with van der Waals surface area (Å²) in [6.07, 6.45) is 1.45. The van der Waals surface area contributed by atoms with Crippen LogP contribution in [0.25, 0.3) is 0 Å². The first-order chi connectivity index (χ1) is 8.13. The van der Waals surface area contributed by atoms with E-state index in [0.29, 0.717) is 26.6 Å². The smallest absolute Gasteiger partial charge is 0.197 e. The summed E-state index contributed by atoms with van der Waals surface area (Å²) in [5.74, 6) is 0.379. The van der Waals surface area contributed by atoms with Crippen LogP contribution in [-0.2, 0) is 0 Å². The molecule has 1 aromatic heterocycles. The molecule has 0 aliphatic rings. The van der Waals surface area contributed by atoms with Crippen LogP contribution in [-0.4, -0.2) is 12.9 Å². The minimum Gasteiger partial charge on any atom is -0.495 e. The normalized spacial score (nSPS) is 10.3. The lowest BCUT2D eigenvalue weighted by Gasteiger charge is -2.04. The van der Waals surface area contributed by atoms with Gasteiger partial charge in [-0.25, -0.2) is 0 Å². The molecule has 0 atom stereocenters. The number of hydrogen-bond acceptors (Lipinski definition) is 3. The Balaban J connectivity index is 2.39. The van der Waals surface area contributed by atoms with Crippen molar-refractivity contribution in [3.63, 3.8) is 0 Å². The van der Waals surface area contributed by atoms with Crippen LogP contribution in [0, 0.1) is 0 Å². The summed E-state index contributed by atoms with van der Waals surface area (Å²) < 4.78 is 10.5. The fraction of sp³-hybridized carbons (Fsp3) is 0.0833. The van der Waals surface area contributed by atoms with Crippen molar-refractivity contribution in [2.75, 3.05) is 7.11 Å². The van der Waals surface area contributed by atoms with Gasteiger partial charge in [0.25, 0.3) is 0 Å². The van der Waals surface area contributed by atoms with Crippen LogP contribution in [0.3, 0.4) is 0 Å². The van der Waals surface area contributed by atoms with E-state index in [1.54, 1.807) is 24.3 Å². The van der Waals surface area contributed by atoms with Crippen molar-refractivity contribution in [2.24, 2.45) is 0 Å².